The van der Waals surface area contributed by atoms with Gasteiger partial charge in [0.15, 0.2) is 0 Å². The summed E-state index contributed by atoms with van der Waals surface area (Å²) >= 11 is 0. The number of benzene rings is 9. The van der Waals surface area contributed by atoms with Gasteiger partial charge in [-0.15, -0.1) is 0 Å². The van der Waals surface area contributed by atoms with E-state index in [1.54, 1.807) is 0 Å². The molecule has 1 aliphatic rings. The zero-order valence-electron chi connectivity index (χ0n) is 30.8. The minimum Gasteiger partial charge on any atom is -0.309 e. The number of para-hydroxylation sites is 2. The first-order valence-electron chi connectivity index (χ1n) is 19.4. The van der Waals surface area contributed by atoms with Gasteiger partial charge in [0.25, 0.3) is 0 Å². The van der Waals surface area contributed by atoms with E-state index in [1.807, 2.05) is 0 Å². The fourth-order valence-corrected chi connectivity index (χ4v) is 9.53. The molecule has 0 N–H and O–H groups in total. The highest BCUT2D eigenvalue weighted by Crippen LogP contribution is 2.56. The van der Waals surface area contributed by atoms with Gasteiger partial charge in [0.1, 0.15) is 0 Å². The maximum Gasteiger partial charge on any atom is 0.0713 e. The smallest absolute Gasteiger partial charge is 0.0713 e. The topological polar surface area (TPSA) is 4.93 Å². The van der Waals surface area contributed by atoms with Crippen LogP contribution in [0, 0.1) is 0 Å². The van der Waals surface area contributed by atoms with Crippen LogP contribution in [0.15, 0.2) is 224 Å². The van der Waals surface area contributed by atoms with E-state index in [1.165, 1.54) is 76.8 Å². The lowest BCUT2D eigenvalue weighted by Gasteiger charge is -2.34. The molecule has 56 heavy (non-hydrogen) atoms. The summed E-state index contributed by atoms with van der Waals surface area (Å²) in [5.74, 6) is 0. The second-order valence-corrected chi connectivity index (χ2v) is 14.8. The zero-order chi connectivity index (χ0) is 37.1. The van der Waals surface area contributed by atoms with Crippen LogP contribution < -0.4 is 0 Å². The van der Waals surface area contributed by atoms with Crippen molar-refractivity contribution in [3.05, 3.63) is 247 Å². The molecule has 0 fully saturated rings. The molecule has 262 valence electrons. The highest BCUT2D eigenvalue weighted by Gasteiger charge is 2.46. The fourth-order valence-electron chi connectivity index (χ4n) is 9.53. The van der Waals surface area contributed by atoms with Crippen molar-refractivity contribution in [2.24, 2.45) is 0 Å². The van der Waals surface area contributed by atoms with Crippen LogP contribution in [0.1, 0.15) is 22.3 Å². The van der Waals surface area contributed by atoms with Gasteiger partial charge in [-0.05, 0) is 96.4 Å². The number of aromatic nitrogens is 1. The first kappa shape index (κ1) is 32.2. The lowest BCUT2D eigenvalue weighted by Crippen LogP contribution is -2.28. The first-order chi connectivity index (χ1) is 27.8. The summed E-state index contributed by atoms with van der Waals surface area (Å²) in [6.07, 6.45) is 0. The number of hydrogen-bond donors (Lipinski definition) is 0. The molecule has 0 bridgehead atoms. The Bertz CT molecular complexity index is 3030. The molecule has 1 heteroatoms. The average molecular weight is 712 g/mol. The maximum atomic E-state index is 2.45. The minimum absolute atomic E-state index is 0.437. The molecular weight excluding hydrogens is 675 g/mol. The van der Waals surface area contributed by atoms with Gasteiger partial charge in [0.05, 0.1) is 16.4 Å². The highest BCUT2D eigenvalue weighted by molar-refractivity contribution is 6.19. The summed E-state index contributed by atoms with van der Waals surface area (Å²) in [5.41, 5.74) is 13.1. The van der Waals surface area contributed by atoms with E-state index in [4.69, 9.17) is 0 Å². The number of rotatable bonds is 4. The van der Waals surface area contributed by atoms with Crippen LogP contribution >= 0.6 is 0 Å². The predicted octanol–water partition coefficient (Wildman–Crippen LogP) is 14.2. The second-order valence-electron chi connectivity index (χ2n) is 14.8. The van der Waals surface area contributed by atoms with Crippen LogP contribution in [0.4, 0.5) is 0 Å². The Labute approximate surface area is 326 Å². The second kappa shape index (κ2) is 13.0. The van der Waals surface area contributed by atoms with Gasteiger partial charge in [-0.2, -0.15) is 0 Å². The van der Waals surface area contributed by atoms with Crippen LogP contribution in [0.25, 0.3) is 71.3 Å². The standard InChI is InChI=1S/C55H37N/c1-3-17-40(18-4-1)55(41-19-5-2-6-20-41)51-28-14-11-25-47(51)48-36-33-39(37-52(48)55)38-31-34-42(35-32-38)56-53-29-15-12-26-49(53)45-23-9-7-21-43(45)44-22-8-10-24-46(44)50-27-13-16-30-54(50)56/h1-37H. The highest BCUT2D eigenvalue weighted by atomic mass is 15.0. The minimum atomic E-state index is -0.437. The maximum absolute atomic E-state index is 2.45. The van der Waals surface area contributed by atoms with E-state index in [9.17, 15) is 0 Å². The van der Waals surface area contributed by atoms with Crippen LogP contribution in [0.5, 0.6) is 0 Å². The molecule has 1 aliphatic carbocycles. The van der Waals surface area contributed by atoms with Crippen molar-refractivity contribution in [3.8, 4) is 27.9 Å². The largest absolute Gasteiger partial charge is 0.309 e. The molecule has 0 amide bonds. The number of nitrogens with zero attached hydrogens (tertiary/aromatic N) is 1. The van der Waals surface area contributed by atoms with Gasteiger partial charge in [0.2, 0.25) is 0 Å². The third kappa shape index (κ3) is 4.81. The van der Waals surface area contributed by atoms with Crippen molar-refractivity contribution in [3.63, 3.8) is 0 Å². The SMILES string of the molecule is c1ccc(C2(c3ccccc3)c3ccccc3-c3ccc(-c4ccc(-n5c6ccccc6c6ccccc6c6ccccc6c6ccccc65)cc4)cc32)cc1. The summed E-state index contributed by atoms with van der Waals surface area (Å²) in [7, 11) is 0. The Hall–Kier alpha value is -7.22. The summed E-state index contributed by atoms with van der Waals surface area (Å²) in [5, 5.41) is 7.34. The molecular formula is C55H37N. The Morgan fingerprint density at radius 3 is 1.25 bits per heavy atom. The van der Waals surface area contributed by atoms with Crippen molar-refractivity contribution in [1.29, 1.82) is 0 Å². The van der Waals surface area contributed by atoms with Crippen LogP contribution in [0.3, 0.4) is 0 Å². The zero-order valence-corrected chi connectivity index (χ0v) is 30.8. The molecule has 1 aromatic heterocycles. The molecule has 0 atom stereocenters. The van der Waals surface area contributed by atoms with E-state index >= 15 is 0 Å². The van der Waals surface area contributed by atoms with Crippen molar-refractivity contribution < 1.29 is 0 Å². The third-order valence-corrected chi connectivity index (χ3v) is 11.9. The van der Waals surface area contributed by atoms with Gasteiger partial charge in [-0.1, -0.05) is 194 Å². The van der Waals surface area contributed by atoms with Crippen molar-refractivity contribution in [2.75, 3.05) is 0 Å². The van der Waals surface area contributed by atoms with Gasteiger partial charge < -0.3 is 4.57 Å². The van der Waals surface area contributed by atoms with Crippen molar-refractivity contribution in [1.82, 2.24) is 4.57 Å². The van der Waals surface area contributed by atoms with E-state index in [2.05, 4.69) is 229 Å². The molecule has 0 saturated heterocycles. The Morgan fingerprint density at radius 2 is 0.696 bits per heavy atom. The van der Waals surface area contributed by atoms with Gasteiger partial charge in [-0.25, -0.2) is 0 Å². The van der Waals surface area contributed by atoms with E-state index in [0.29, 0.717) is 0 Å². The predicted molar refractivity (Wildman–Crippen MR) is 236 cm³/mol. The molecule has 1 heterocycles. The van der Waals surface area contributed by atoms with Crippen LogP contribution in [-0.4, -0.2) is 4.57 Å². The summed E-state index contributed by atoms with van der Waals surface area (Å²) < 4.78 is 2.45. The van der Waals surface area contributed by atoms with E-state index in [0.717, 1.165) is 16.7 Å². The summed E-state index contributed by atoms with van der Waals surface area (Å²) in [6, 6.07) is 82.6. The summed E-state index contributed by atoms with van der Waals surface area (Å²) in [4.78, 5) is 0. The Morgan fingerprint density at radius 1 is 0.286 bits per heavy atom. The lowest BCUT2D eigenvalue weighted by atomic mass is 9.67. The molecule has 1 nitrogen and oxygen atoms in total. The van der Waals surface area contributed by atoms with Crippen molar-refractivity contribution >= 4 is 43.4 Å². The van der Waals surface area contributed by atoms with Gasteiger partial charge >= 0.3 is 0 Å². The molecule has 0 saturated carbocycles. The molecule has 0 radical (unpaired) electrons. The summed E-state index contributed by atoms with van der Waals surface area (Å²) in [6.45, 7) is 0. The first-order valence-corrected chi connectivity index (χ1v) is 19.4. The quantitative estimate of drug-likeness (QED) is 0.171. The van der Waals surface area contributed by atoms with E-state index < -0.39 is 5.41 Å². The normalized spacial score (nSPS) is 12.8. The average Bonchev–Trinajstić information content (AvgIpc) is 3.59. The Kier molecular flexibility index (Phi) is 7.47. The van der Waals surface area contributed by atoms with E-state index in [-0.39, 0.29) is 0 Å². The van der Waals surface area contributed by atoms with Gasteiger partial charge in [0, 0.05) is 16.5 Å². The molecule has 10 aromatic rings. The van der Waals surface area contributed by atoms with Crippen molar-refractivity contribution in [2.45, 2.75) is 5.41 Å². The number of fused-ring (bicyclic) bond motifs is 10. The third-order valence-electron chi connectivity index (χ3n) is 11.9. The molecule has 0 aliphatic heterocycles. The van der Waals surface area contributed by atoms with Gasteiger partial charge in [-0.3, -0.25) is 0 Å². The molecule has 0 unspecified atom stereocenters. The molecule has 0 spiro atoms. The lowest BCUT2D eigenvalue weighted by molar-refractivity contribution is 0.769. The monoisotopic (exact) mass is 711 g/mol. The Balaban J connectivity index is 1.15. The number of hydrogen-bond acceptors (Lipinski definition) is 0. The molecule has 11 rings (SSSR count). The van der Waals surface area contributed by atoms with Crippen LogP contribution in [0.2, 0.25) is 0 Å². The van der Waals surface area contributed by atoms with Crippen LogP contribution in [-0.2, 0) is 5.41 Å². The fraction of sp³-hybridized carbons (Fsp3) is 0.0182. The molecule has 9 aromatic carbocycles.